The fraction of sp³-hybridized carbons (Fsp3) is 0.130. The smallest absolute Gasteiger partial charge is 0.254 e. The van der Waals surface area contributed by atoms with Gasteiger partial charge in [-0.2, -0.15) is 0 Å². The van der Waals surface area contributed by atoms with Crippen LogP contribution in [-0.4, -0.2) is 33.9 Å². The Kier molecular flexibility index (Phi) is 4.17. The highest BCUT2D eigenvalue weighted by Gasteiger charge is 2.22. The highest BCUT2D eigenvalue weighted by atomic mass is 16.5. The monoisotopic (exact) mass is 384 g/mol. The summed E-state index contributed by atoms with van der Waals surface area (Å²) in [7, 11) is 0. The number of benzene rings is 2. The van der Waals surface area contributed by atoms with Crippen LogP contribution >= 0.6 is 0 Å². The number of hydrogen-bond donors (Lipinski definition) is 2. The lowest BCUT2D eigenvalue weighted by atomic mass is 10.0. The highest BCUT2D eigenvalue weighted by molar-refractivity contribution is 5.98. The minimum atomic E-state index is -0.00231. The molecule has 3 N–H and O–H groups in total. The van der Waals surface area contributed by atoms with E-state index in [1.54, 1.807) is 12.3 Å². The first kappa shape index (κ1) is 17.3. The van der Waals surface area contributed by atoms with E-state index in [9.17, 15) is 4.79 Å². The van der Waals surface area contributed by atoms with E-state index in [1.165, 1.54) is 0 Å². The molecular formula is C23H20N4O2. The van der Waals surface area contributed by atoms with E-state index in [0.29, 0.717) is 31.1 Å². The lowest BCUT2D eigenvalue weighted by molar-refractivity contribution is 0.0733. The van der Waals surface area contributed by atoms with Crippen LogP contribution in [0.5, 0.6) is 5.75 Å². The first-order valence-electron chi connectivity index (χ1n) is 9.51. The number of aromatic nitrogens is 2. The van der Waals surface area contributed by atoms with Crippen molar-refractivity contribution in [3.8, 4) is 16.9 Å². The molecular weight excluding hydrogens is 364 g/mol. The second kappa shape index (κ2) is 6.98. The largest absolute Gasteiger partial charge is 0.491 e. The Morgan fingerprint density at radius 2 is 1.97 bits per heavy atom. The molecule has 1 aliphatic heterocycles. The molecule has 0 spiro atoms. The molecule has 144 valence electrons. The Morgan fingerprint density at radius 1 is 1.07 bits per heavy atom. The molecule has 29 heavy (non-hydrogen) atoms. The standard InChI is InChI=1S/C23H20N4O2/c24-22-6-4-18(13-26-22)16-3-5-21-19(11-16)14-27(9-10-29-21)23(28)17-2-1-15-7-8-25-20(15)12-17/h1-8,11-13,25H,9-10,14H2,(H2,24,26). The van der Waals surface area contributed by atoms with Gasteiger partial charge in [0.2, 0.25) is 0 Å². The van der Waals surface area contributed by atoms with Gasteiger partial charge >= 0.3 is 0 Å². The predicted octanol–water partition coefficient (Wildman–Crippen LogP) is 3.85. The normalized spacial score (nSPS) is 13.6. The van der Waals surface area contributed by atoms with Gasteiger partial charge in [-0.25, -0.2) is 4.98 Å². The van der Waals surface area contributed by atoms with Gasteiger partial charge in [0.15, 0.2) is 0 Å². The molecule has 0 saturated carbocycles. The lowest BCUT2D eigenvalue weighted by Gasteiger charge is -2.20. The number of fused-ring (bicyclic) bond motifs is 2. The van der Waals surface area contributed by atoms with Crippen molar-refractivity contribution in [2.75, 3.05) is 18.9 Å². The lowest BCUT2D eigenvalue weighted by Crippen LogP contribution is -2.32. The number of aromatic amines is 1. The van der Waals surface area contributed by atoms with Gasteiger partial charge in [-0.1, -0.05) is 12.1 Å². The van der Waals surface area contributed by atoms with Crippen molar-refractivity contribution in [1.82, 2.24) is 14.9 Å². The van der Waals surface area contributed by atoms with E-state index in [0.717, 1.165) is 33.3 Å². The molecule has 6 heteroatoms. The van der Waals surface area contributed by atoms with Crippen molar-refractivity contribution >= 4 is 22.6 Å². The number of amides is 1. The minimum absolute atomic E-state index is 0.00231. The summed E-state index contributed by atoms with van der Waals surface area (Å²) in [5.41, 5.74) is 10.3. The van der Waals surface area contributed by atoms with Crippen LogP contribution in [0.1, 0.15) is 15.9 Å². The van der Waals surface area contributed by atoms with E-state index in [-0.39, 0.29) is 5.91 Å². The second-order valence-corrected chi connectivity index (χ2v) is 7.15. The molecule has 6 nitrogen and oxygen atoms in total. The van der Waals surface area contributed by atoms with Crippen LogP contribution in [0.3, 0.4) is 0 Å². The van der Waals surface area contributed by atoms with Crippen molar-refractivity contribution in [3.05, 3.63) is 78.1 Å². The van der Waals surface area contributed by atoms with Gasteiger partial charge in [-0.05, 0) is 53.4 Å². The maximum atomic E-state index is 13.2. The summed E-state index contributed by atoms with van der Waals surface area (Å²) in [5.74, 6) is 1.30. The summed E-state index contributed by atoms with van der Waals surface area (Å²) in [6.45, 7) is 1.49. The molecule has 0 unspecified atom stereocenters. The molecule has 4 aromatic rings. The Morgan fingerprint density at radius 3 is 2.83 bits per heavy atom. The van der Waals surface area contributed by atoms with E-state index in [1.807, 2.05) is 53.6 Å². The van der Waals surface area contributed by atoms with Crippen LogP contribution in [-0.2, 0) is 6.54 Å². The number of nitrogens with two attached hydrogens (primary N) is 1. The fourth-order valence-corrected chi connectivity index (χ4v) is 3.69. The first-order valence-corrected chi connectivity index (χ1v) is 9.51. The molecule has 0 aliphatic carbocycles. The van der Waals surface area contributed by atoms with Crippen LogP contribution < -0.4 is 10.5 Å². The summed E-state index contributed by atoms with van der Waals surface area (Å²) in [6.07, 6.45) is 3.63. The van der Waals surface area contributed by atoms with Crippen LogP contribution in [0.2, 0.25) is 0 Å². The topological polar surface area (TPSA) is 84.2 Å². The molecule has 3 heterocycles. The van der Waals surface area contributed by atoms with Crippen LogP contribution in [0.15, 0.2) is 67.0 Å². The SMILES string of the molecule is Nc1ccc(-c2ccc3c(c2)CN(C(=O)c2ccc4cc[nH]c4c2)CCO3)cn1. The maximum absolute atomic E-state index is 13.2. The second-order valence-electron chi connectivity index (χ2n) is 7.15. The summed E-state index contributed by atoms with van der Waals surface area (Å²) in [5, 5.41) is 1.09. The average Bonchev–Trinajstić information content (AvgIpc) is 3.11. The fourth-order valence-electron chi connectivity index (χ4n) is 3.69. The number of anilines is 1. The van der Waals surface area contributed by atoms with E-state index >= 15 is 0 Å². The quantitative estimate of drug-likeness (QED) is 0.550. The number of H-pyrrole nitrogens is 1. The minimum Gasteiger partial charge on any atom is -0.491 e. The third-order valence-corrected chi connectivity index (χ3v) is 5.25. The van der Waals surface area contributed by atoms with Gasteiger partial charge in [0.25, 0.3) is 5.91 Å². The van der Waals surface area contributed by atoms with Gasteiger partial charge in [-0.3, -0.25) is 4.79 Å². The molecule has 2 aromatic heterocycles. The zero-order valence-corrected chi connectivity index (χ0v) is 15.8. The summed E-state index contributed by atoms with van der Waals surface area (Å²) in [6, 6.07) is 17.5. The molecule has 0 fully saturated rings. The molecule has 1 amide bonds. The average molecular weight is 384 g/mol. The van der Waals surface area contributed by atoms with E-state index in [4.69, 9.17) is 10.5 Å². The predicted molar refractivity (Wildman–Crippen MR) is 113 cm³/mol. The van der Waals surface area contributed by atoms with Crippen molar-refractivity contribution in [2.24, 2.45) is 0 Å². The summed E-state index contributed by atoms with van der Waals surface area (Å²) >= 11 is 0. The Hall–Kier alpha value is -3.80. The van der Waals surface area contributed by atoms with Gasteiger partial charge < -0.3 is 20.4 Å². The molecule has 0 bridgehead atoms. The van der Waals surface area contributed by atoms with Crippen LogP contribution in [0.25, 0.3) is 22.0 Å². The highest BCUT2D eigenvalue weighted by Crippen LogP contribution is 2.30. The zero-order valence-electron chi connectivity index (χ0n) is 15.8. The Balaban J connectivity index is 1.45. The molecule has 5 rings (SSSR count). The number of pyridine rings is 1. The zero-order chi connectivity index (χ0) is 19.8. The van der Waals surface area contributed by atoms with Gasteiger partial charge in [0, 0.05) is 41.1 Å². The third-order valence-electron chi connectivity index (χ3n) is 5.25. The molecule has 2 aromatic carbocycles. The maximum Gasteiger partial charge on any atom is 0.254 e. The van der Waals surface area contributed by atoms with Gasteiger partial charge in [0.1, 0.15) is 18.2 Å². The van der Waals surface area contributed by atoms with E-state index in [2.05, 4.69) is 16.0 Å². The number of nitrogens with one attached hydrogen (secondary N) is 1. The number of carbonyl (C=O) groups is 1. The number of rotatable bonds is 2. The number of carbonyl (C=O) groups excluding carboxylic acids is 1. The summed E-state index contributed by atoms with van der Waals surface area (Å²) < 4.78 is 5.90. The number of nitrogen functional groups attached to an aromatic ring is 1. The molecule has 0 atom stereocenters. The van der Waals surface area contributed by atoms with Crippen molar-refractivity contribution in [2.45, 2.75) is 6.54 Å². The Labute approximate surface area is 167 Å². The van der Waals surface area contributed by atoms with Crippen molar-refractivity contribution in [1.29, 1.82) is 0 Å². The first-order chi connectivity index (χ1) is 14.2. The van der Waals surface area contributed by atoms with Crippen LogP contribution in [0, 0.1) is 0 Å². The Bertz CT molecular complexity index is 1200. The number of hydrogen-bond acceptors (Lipinski definition) is 4. The number of ether oxygens (including phenoxy) is 1. The third kappa shape index (κ3) is 3.29. The van der Waals surface area contributed by atoms with Gasteiger partial charge in [-0.15, -0.1) is 0 Å². The molecule has 1 aliphatic rings. The molecule has 0 radical (unpaired) electrons. The van der Waals surface area contributed by atoms with Crippen molar-refractivity contribution in [3.63, 3.8) is 0 Å². The van der Waals surface area contributed by atoms with Crippen LogP contribution in [0.4, 0.5) is 5.82 Å². The van der Waals surface area contributed by atoms with Crippen molar-refractivity contribution < 1.29 is 9.53 Å². The molecule has 0 saturated heterocycles. The van der Waals surface area contributed by atoms with Gasteiger partial charge in [0.05, 0.1) is 6.54 Å². The number of nitrogens with zero attached hydrogens (tertiary/aromatic N) is 2. The summed E-state index contributed by atoms with van der Waals surface area (Å²) in [4.78, 5) is 22.3. The van der Waals surface area contributed by atoms with E-state index < -0.39 is 0 Å².